The van der Waals surface area contributed by atoms with E-state index < -0.39 is 0 Å². The number of hydrogen-bond donors (Lipinski definition) is 1. The maximum absolute atomic E-state index is 9.10. The standard InChI is InChI=1S/C12H15Cl2N3/c1-17(2)6-5-16-12(8-15)9-3-4-10(13)11(14)7-9/h3-4,7,12,16H,5-6H2,1-2H3/t12-/m1/s1. The van der Waals surface area contributed by atoms with Gasteiger partial charge in [0.1, 0.15) is 6.04 Å². The molecule has 0 aliphatic rings. The van der Waals surface area contributed by atoms with Gasteiger partial charge in [-0.25, -0.2) is 0 Å². The van der Waals surface area contributed by atoms with Crippen molar-refractivity contribution in [2.45, 2.75) is 6.04 Å². The van der Waals surface area contributed by atoms with Crippen LogP contribution in [0.25, 0.3) is 0 Å². The first kappa shape index (κ1) is 14.3. The van der Waals surface area contributed by atoms with Gasteiger partial charge < -0.3 is 4.90 Å². The summed E-state index contributed by atoms with van der Waals surface area (Å²) in [6.45, 7) is 1.62. The van der Waals surface area contributed by atoms with Crippen LogP contribution in [0.2, 0.25) is 10.0 Å². The Balaban J connectivity index is 2.67. The molecule has 0 aromatic heterocycles. The van der Waals surface area contributed by atoms with Crippen LogP contribution >= 0.6 is 23.2 Å². The summed E-state index contributed by atoms with van der Waals surface area (Å²) in [6.07, 6.45) is 0. The third-order valence-corrected chi connectivity index (χ3v) is 3.05. The molecule has 0 heterocycles. The van der Waals surface area contributed by atoms with E-state index in [2.05, 4.69) is 16.3 Å². The Morgan fingerprint density at radius 3 is 2.59 bits per heavy atom. The van der Waals surface area contributed by atoms with Gasteiger partial charge in [-0.15, -0.1) is 0 Å². The summed E-state index contributed by atoms with van der Waals surface area (Å²) in [7, 11) is 3.98. The summed E-state index contributed by atoms with van der Waals surface area (Å²) < 4.78 is 0. The first-order chi connectivity index (χ1) is 8.04. The number of hydrogen-bond acceptors (Lipinski definition) is 3. The molecule has 17 heavy (non-hydrogen) atoms. The van der Waals surface area contributed by atoms with E-state index in [1.807, 2.05) is 20.2 Å². The predicted octanol–water partition coefficient (Wildman–Crippen LogP) is 2.71. The first-order valence-corrected chi connectivity index (χ1v) is 6.03. The van der Waals surface area contributed by atoms with E-state index in [1.165, 1.54) is 0 Å². The molecule has 0 amide bonds. The number of halogens is 2. The second kappa shape index (κ2) is 6.83. The fourth-order valence-corrected chi connectivity index (χ4v) is 1.67. The maximum Gasteiger partial charge on any atom is 0.121 e. The van der Waals surface area contributed by atoms with Gasteiger partial charge in [0.25, 0.3) is 0 Å². The molecule has 0 aliphatic carbocycles. The molecular formula is C12H15Cl2N3. The molecule has 1 rings (SSSR count). The van der Waals surface area contributed by atoms with Crippen molar-refractivity contribution < 1.29 is 0 Å². The Labute approximate surface area is 112 Å². The summed E-state index contributed by atoms with van der Waals surface area (Å²) >= 11 is 11.8. The largest absolute Gasteiger partial charge is 0.308 e. The van der Waals surface area contributed by atoms with E-state index in [-0.39, 0.29) is 6.04 Å². The lowest BCUT2D eigenvalue weighted by Gasteiger charge is -2.15. The molecular weight excluding hydrogens is 257 g/mol. The van der Waals surface area contributed by atoms with Gasteiger partial charge in [0.15, 0.2) is 0 Å². The first-order valence-electron chi connectivity index (χ1n) is 5.27. The fourth-order valence-electron chi connectivity index (χ4n) is 1.36. The number of nitrogens with zero attached hydrogens (tertiary/aromatic N) is 2. The van der Waals surface area contributed by atoms with E-state index in [0.29, 0.717) is 10.0 Å². The van der Waals surface area contributed by atoms with Crippen molar-refractivity contribution in [2.75, 3.05) is 27.2 Å². The lowest BCUT2D eigenvalue weighted by Crippen LogP contribution is -2.29. The van der Waals surface area contributed by atoms with Gasteiger partial charge in [0.2, 0.25) is 0 Å². The average Bonchev–Trinajstić information content (AvgIpc) is 2.28. The van der Waals surface area contributed by atoms with Crippen LogP contribution in [0.5, 0.6) is 0 Å². The van der Waals surface area contributed by atoms with E-state index in [9.17, 15) is 0 Å². The van der Waals surface area contributed by atoms with Gasteiger partial charge >= 0.3 is 0 Å². The average molecular weight is 272 g/mol. The smallest absolute Gasteiger partial charge is 0.121 e. The van der Waals surface area contributed by atoms with Gasteiger partial charge in [-0.05, 0) is 31.8 Å². The molecule has 0 fully saturated rings. The highest BCUT2D eigenvalue weighted by atomic mass is 35.5. The van der Waals surface area contributed by atoms with Crippen LogP contribution in [0.15, 0.2) is 18.2 Å². The van der Waals surface area contributed by atoms with Crippen molar-refractivity contribution in [3.63, 3.8) is 0 Å². The molecule has 0 bridgehead atoms. The number of nitriles is 1. The molecule has 0 unspecified atom stereocenters. The summed E-state index contributed by atoms with van der Waals surface area (Å²) in [6, 6.07) is 7.09. The minimum absolute atomic E-state index is 0.357. The molecule has 0 saturated carbocycles. The molecule has 1 N–H and O–H groups in total. The third kappa shape index (κ3) is 4.53. The molecule has 3 nitrogen and oxygen atoms in total. The van der Waals surface area contributed by atoms with Crippen molar-refractivity contribution in [1.82, 2.24) is 10.2 Å². The topological polar surface area (TPSA) is 39.1 Å². The van der Waals surface area contributed by atoms with Crippen molar-refractivity contribution in [3.8, 4) is 6.07 Å². The molecule has 5 heteroatoms. The van der Waals surface area contributed by atoms with Gasteiger partial charge in [0.05, 0.1) is 16.1 Å². The van der Waals surface area contributed by atoms with E-state index in [1.54, 1.807) is 12.1 Å². The van der Waals surface area contributed by atoms with Crippen molar-refractivity contribution >= 4 is 23.2 Å². The Kier molecular flexibility index (Phi) is 5.73. The van der Waals surface area contributed by atoms with E-state index in [4.69, 9.17) is 28.5 Å². The minimum atomic E-state index is -0.357. The van der Waals surface area contributed by atoms with Gasteiger partial charge in [-0.3, -0.25) is 5.32 Å². The molecule has 92 valence electrons. The van der Waals surface area contributed by atoms with E-state index >= 15 is 0 Å². The van der Waals surface area contributed by atoms with Crippen LogP contribution in [0.1, 0.15) is 11.6 Å². The van der Waals surface area contributed by atoms with Crippen LogP contribution < -0.4 is 5.32 Å². The Morgan fingerprint density at radius 1 is 1.35 bits per heavy atom. The zero-order valence-electron chi connectivity index (χ0n) is 9.87. The highest BCUT2D eigenvalue weighted by Crippen LogP contribution is 2.25. The lowest BCUT2D eigenvalue weighted by atomic mass is 10.1. The zero-order valence-corrected chi connectivity index (χ0v) is 11.4. The lowest BCUT2D eigenvalue weighted by molar-refractivity contribution is 0.395. The SMILES string of the molecule is CN(C)CCN[C@H](C#N)c1ccc(Cl)c(Cl)c1. The third-order valence-electron chi connectivity index (χ3n) is 2.31. The number of benzene rings is 1. The van der Waals surface area contributed by atoms with Crippen molar-refractivity contribution in [3.05, 3.63) is 33.8 Å². The Hall–Kier alpha value is -0.790. The number of rotatable bonds is 5. The molecule has 0 saturated heterocycles. The monoisotopic (exact) mass is 271 g/mol. The summed E-state index contributed by atoms with van der Waals surface area (Å²) in [5, 5.41) is 13.2. The molecule has 0 spiro atoms. The summed E-state index contributed by atoms with van der Waals surface area (Å²) in [5.41, 5.74) is 0.834. The van der Waals surface area contributed by atoms with Crippen LogP contribution in [-0.4, -0.2) is 32.1 Å². The molecule has 0 aliphatic heterocycles. The fraction of sp³-hybridized carbons (Fsp3) is 0.417. The maximum atomic E-state index is 9.10. The van der Waals surface area contributed by atoms with Crippen LogP contribution in [0.3, 0.4) is 0 Å². The number of nitrogens with one attached hydrogen (secondary N) is 1. The summed E-state index contributed by atoms with van der Waals surface area (Å²) in [5.74, 6) is 0. The molecule has 1 aromatic carbocycles. The molecule has 1 aromatic rings. The molecule has 0 radical (unpaired) electrons. The Bertz CT molecular complexity index is 413. The van der Waals surface area contributed by atoms with Crippen molar-refractivity contribution in [1.29, 1.82) is 5.26 Å². The Morgan fingerprint density at radius 2 is 2.06 bits per heavy atom. The van der Waals surface area contributed by atoms with Crippen LogP contribution in [0.4, 0.5) is 0 Å². The van der Waals surface area contributed by atoms with Gasteiger partial charge in [-0.2, -0.15) is 5.26 Å². The van der Waals surface area contributed by atoms with Gasteiger partial charge in [0, 0.05) is 13.1 Å². The molecule has 1 atom stereocenters. The van der Waals surface area contributed by atoms with Crippen LogP contribution in [0, 0.1) is 11.3 Å². The highest BCUT2D eigenvalue weighted by Gasteiger charge is 2.11. The quantitative estimate of drug-likeness (QED) is 0.895. The van der Waals surface area contributed by atoms with Crippen molar-refractivity contribution in [2.24, 2.45) is 0 Å². The normalized spacial score (nSPS) is 12.5. The van der Waals surface area contributed by atoms with Gasteiger partial charge in [-0.1, -0.05) is 29.3 Å². The minimum Gasteiger partial charge on any atom is -0.308 e. The second-order valence-electron chi connectivity index (χ2n) is 3.99. The number of likely N-dealkylation sites (N-methyl/N-ethyl adjacent to an activating group) is 1. The van der Waals surface area contributed by atoms with E-state index in [0.717, 1.165) is 18.7 Å². The summed E-state index contributed by atoms with van der Waals surface area (Å²) in [4.78, 5) is 2.05. The predicted molar refractivity (Wildman–Crippen MR) is 71.4 cm³/mol. The second-order valence-corrected chi connectivity index (χ2v) is 4.81. The highest BCUT2D eigenvalue weighted by molar-refractivity contribution is 6.42. The zero-order chi connectivity index (χ0) is 12.8. The van der Waals surface area contributed by atoms with Crippen LogP contribution in [-0.2, 0) is 0 Å².